The average Bonchev–Trinajstić information content (AvgIpc) is 2.29. The molecule has 0 aliphatic carbocycles. The summed E-state index contributed by atoms with van der Waals surface area (Å²) >= 11 is 11.8. The molecule has 1 atom stereocenters. The summed E-state index contributed by atoms with van der Waals surface area (Å²) in [6.07, 6.45) is 1.53. The van der Waals surface area contributed by atoms with Gasteiger partial charge in [0.05, 0.1) is 5.02 Å². The molecule has 1 aromatic rings. The molecule has 18 heavy (non-hydrogen) atoms. The average molecular weight is 286 g/mol. The highest BCUT2D eigenvalue weighted by atomic mass is 35.5. The van der Waals surface area contributed by atoms with Crippen LogP contribution in [-0.4, -0.2) is 17.2 Å². The first-order valence-corrected chi connectivity index (χ1v) is 5.66. The third kappa shape index (κ3) is 3.95. The zero-order chi connectivity index (χ0) is 13.7. The summed E-state index contributed by atoms with van der Waals surface area (Å²) in [4.78, 5) is 10.5. The van der Waals surface area contributed by atoms with Gasteiger partial charge in [0, 0.05) is 16.7 Å². The zero-order valence-electron chi connectivity index (χ0n) is 9.35. The van der Waals surface area contributed by atoms with Crippen LogP contribution in [0.1, 0.15) is 12.5 Å². The van der Waals surface area contributed by atoms with Gasteiger partial charge in [0.1, 0.15) is 11.8 Å². The van der Waals surface area contributed by atoms with Gasteiger partial charge in [-0.15, -0.1) is 0 Å². The van der Waals surface area contributed by atoms with Gasteiger partial charge in [0.15, 0.2) is 6.10 Å². The Bertz CT molecular complexity index is 535. The second-order valence-corrected chi connectivity index (χ2v) is 4.21. The van der Waals surface area contributed by atoms with E-state index in [0.29, 0.717) is 10.6 Å². The molecule has 0 bridgehead atoms. The number of hydrogen-bond donors (Lipinski definition) is 1. The summed E-state index contributed by atoms with van der Waals surface area (Å²) in [6, 6.07) is 4.86. The standard InChI is InChI=1S/C12H9Cl2NO3/c1-7(6-15)18-12-8(2-3-11(16)17)4-9(13)5-10(12)14/h2-5,7H,1H3,(H,16,17). The third-order valence-corrected chi connectivity index (χ3v) is 2.42. The molecule has 0 aliphatic rings. The number of nitrogens with zero attached hydrogens (tertiary/aromatic N) is 1. The Balaban J connectivity index is 3.21. The van der Waals surface area contributed by atoms with Crippen LogP contribution in [0.3, 0.4) is 0 Å². The highest BCUT2D eigenvalue weighted by Crippen LogP contribution is 2.34. The molecule has 1 unspecified atom stereocenters. The maximum atomic E-state index is 10.5. The molecule has 0 fully saturated rings. The lowest BCUT2D eigenvalue weighted by atomic mass is 10.2. The lowest BCUT2D eigenvalue weighted by Crippen LogP contribution is -2.09. The highest BCUT2D eigenvalue weighted by Gasteiger charge is 2.12. The number of rotatable bonds is 4. The van der Waals surface area contributed by atoms with Crippen molar-refractivity contribution in [2.45, 2.75) is 13.0 Å². The quantitative estimate of drug-likeness (QED) is 0.861. The monoisotopic (exact) mass is 285 g/mol. The van der Waals surface area contributed by atoms with Crippen molar-refractivity contribution in [2.75, 3.05) is 0 Å². The van der Waals surface area contributed by atoms with Crippen LogP contribution in [0.25, 0.3) is 6.08 Å². The van der Waals surface area contributed by atoms with E-state index in [1.165, 1.54) is 18.2 Å². The number of benzene rings is 1. The number of carbonyl (C=O) groups is 1. The Kier molecular flexibility index (Phi) is 5.02. The first-order chi connectivity index (χ1) is 8.43. The topological polar surface area (TPSA) is 70.3 Å². The number of carboxylic acids is 1. The van der Waals surface area contributed by atoms with Crippen LogP contribution in [0.5, 0.6) is 5.75 Å². The number of ether oxygens (including phenoxy) is 1. The first kappa shape index (κ1) is 14.4. The van der Waals surface area contributed by atoms with E-state index in [9.17, 15) is 4.79 Å². The van der Waals surface area contributed by atoms with Gasteiger partial charge in [-0.2, -0.15) is 5.26 Å². The van der Waals surface area contributed by atoms with Crippen molar-refractivity contribution in [3.05, 3.63) is 33.8 Å². The zero-order valence-corrected chi connectivity index (χ0v) is 10.9. The van der Waals surface area contributed by atoms with Gasteiger partial charge in [-0.1, -0.05) is 23.2 Å². The van der Waals surface area contributed by atoms with Crippen LogP contribution in [0.4, 0.5) is 0 Å². The first-order valence-electron chi connectivity index (χ1n) is 4.90. The van der Waals surface area contributed by atoms with Crippen LogP contribution in [0.15, 0.2) is 18.2 Å². The summed E-state index contributed by atoms with van der Waals surface area (Å²) in [5, 5.41) is 17.8. The summed E-state index contributed by atoms with van der Waals surface area (Å²) < 4.78 is 5.32. The molecule has 1 aromatic carbocycles. The molecule has 0 saturated heterocycles. The van der Waals surface area contributed by atoms with Crippen molar-refractivity contribution in [1.29, 1.82) is 5.26 Å². The number of carboxylic acid groups (broad SMARTS) is 1. The Hall–Kier alpha value is -1.70. The predicted octanol–water partition coefficient (Wildman–Crippen LogP) is 3.38. The number of aliphatic carboxylic acids is 1. The second-order valence-electron chi connectivity index (χ2n) is 3.37. The Labute approximate surface area is 114 Å². The van der Waals surface area contributed by atoms with Crippen molar-refractivity contribution in [3.63, 3.8) is 0 Å². The summed E-state index contributed by atoms with van der Waals surface area (Å²) in [5.74, 6) is -0.877. The van der Waals surface area contributed by atoms with E-state index in [-0.39, 0.29) is 10.8 Å². The molecule has 6 heteroatoms. The van der Waals surface area contributed by atoms with Crippen LogP contribution in [0, 0.1) is 11.3 Å². The van der Waals surface area contributed by atoms with Crippen molar-refractivity contribution >= 4 is 35.2 Å². The van der Waals surface area contributed by atoms with E-state index in [0.717, 1.165) is 6.08 Å². The minimum atomic E-state index is -1.11. The van der Waals surface area contributed by atoms with Gasteiger partial charge in [-0.05, 0) is 25.1 Å². The molecule has 0 amide bonds. The Morgan fingerprint density at radius 1 is 1.56 bits per heavy atom. The van der Waals surface area contributed by atoms with E-state index in [1.54, 1.807) is 6.92 Å². The molecule has 94 valence electrons. The molecule has 1 rings (SSSR count). The lowest BCUT2D eigenvalue weighted by Gasteiger charge is -2.12. The molecule has 0 aliphatic heterocycles. The molecule has 0 spiro atoms. The largest absolute Gasteiger partial charge is 0.478 e. The van der Waals surface area contributed by atoms with Crippen LogP contribution in [-0.2, 0) is 4.79 Å². The van der Waals surface area contributed by atoms with Gasteiger partial charge < -0.3 is 9.84 Å². The molecule has 1 N–H and O–H groups in total. The number of nitriles is 1. The number of halogens is 2. The van der Waals surface area contributed by atoms with Gasteiger partial charge in [0.25, 0.3) is 0 Å². The maximum absolute atomic E-state index is 10.5. The molecule has 0 saturated carbocycles. The minimum absolute atomic E-state index is 0.217. The highest BCUT2D eigenvalue weighted by molar-refractivity contribution is 6.35. The smallest absolute Gasteiger partial charge is 0.328 e. The maximum Gasteiger partial charge on any atom is 0.328 e. The summed E-state index contributed by atoms with van der Waals surface area (Å²) in [6.45, 7) is 1.55. The molecule has 4 nitrogen and oxygen atoms in total. The van der Waals surface area contributed by atoms with E-state index in [2.05, 4.69) is 0 Å². The fraction of sp³-hybridized carbons (Fsp3) is 0.167. The van der Waals surface area contributed by atoms with Gasteiger partial charge in [0.2, 0.25) is 0 Å². The summed E-state index contributed by atoms with van der Waals surface area (Å²) in [7, 11) is 0. The Morgan fingerprint density at radius 3 is 2.78 bits per heavy atom. The molecular weight excluding hydrogens is 277 g/mol. The Morgan fingerprint density at radius 2 is 2.22 bits per heavy atom. The molecule has 0 radical (unpaired) electrons. The molecular formula is C12H9Cl2NO3. The van der Waals surface area contributed by atoms with E-state index in [1.807, 2.05) is 6.07 Å². The van der Waals surface area contributed by atoms with E-state index >= 15 is 0 Å². The van der Waals surface area contributed by atoms with E-state index < -0.39 is 12.1 Å². The predicted molar refractivity (Wildman–Crippen MR) is 68.8 cm³/mol. The molecule has 0 heterocycles. The van der Waals surface area contributed by atoms with Crippen molar-refractivity contribution in [2.24, 2.45) is 0 Å². The van der Waals surface area contributed by atoms with Crippen LogP contribution >= 0.6 is 23.2 Å². The van der Waals surface area contributed by atoms with Crippen molar-refractivity contribution in [1.82, 2.24) is 0 Å². The third-order valence-electron chi connectivity index (χ3n) is 1.92. The minimum Gasteiger partial charge on any atom is -0.478 e. The summed E-state index contributed by atoms with van der Waals surface area (Å²) in [5.41, 5.74) is 0.400. The number of hydrogen-bond acceptors (Lipinski definition) is 3. The van der Waals surface area contributed by atoms with Gasteiger partial charge >= 0.3 is 5.97 Å². The second kappa shape index (κ2) is 6.29. The normalized spacial score (nSPS) is 12.1. The van der Waals surface area contributed by atoms with Crippen molar-refractivity contribution in [3.8, 4) is 11.8 Å². The van der Waals surface area contributed by atoms with Crippen molar-refractivity contribution < 1.29 is 14.6 Å². The SMILES string of the molecule is CC(C#N)Oc1c(Cl)cc(Cl)cc1C=CC(=O)O. The van der Waals surface area contributed by atoms with Crippen LogP contribution in [0.2, 0.25) is 10.0 Å². The van der Waals surface area contributed by atoms with Gasteiger partial charge in [-0.25, -0.2) is 4.79 Å². The molecule has 0 aromatic heterocycles. The van der Waals surface area contributed by atoms with Gasteiger partial charge in [-0.3, -0.25) is 0 Å². The fourth-order valence-corrected chi connectivity index (χ4v) is 1.75. The fourth-order valence-electron chi connectivity index (χ4n) is 1.19. The lowest BCUT2D eigenvalue weighted by molar-refractivity contribution is -0.131. The van der Waals surface area contributed by atoms with Crippen LogP contribution < -0.4 is 4.74 Å². The van der Waals surface area contributed by atoms with E-state index in [4.69, 9.17) is 38.3 Å².